The summed E-state index contributed by atoms with van der Waals surface area (Å²) in [6, 6.07) is 1.23. The van der Waals surface area contributed by atoms with Gasteiger partial charge < -0.3 is 5.32 Å². The van der Waals surface area contributed by atoms with Gasteiger partial charge in [-0.1, -0.05) is 13.8 Å². The molecule has 0 aromatic carbocycles. The van der Waals surface area contributed by atoms with Gasteiger partial charge in [-0.2, -0.15) is 5.10 Å². The molecule has 2 amide bonds. The topological polar surface area (TPSA) is 67.2 Å². The van der Waals surface area contributed by atoms with Gasteiger partial charge >= 0.3 is 0 Å². The molecule has 2 heterocycles. The van der Waals surface area contributed by atoms with Crippen LogP contribution in [0.5, 0.6) is 0 Å². The third-order valence-corrected chi connectivity index (χ3v) is 3.31. The molecule has 0 saturated carbocycles. The number of nitrogens with one attached hydrogen (secondary N) is 1. The molecule has 1 aromatic heterocycles. The average molecular weight is 264 g/mol. The minimum absolute atomic E-state index is 0.0158. The Hall–Kier alpha value is -1.85. The normalized spacial score (nSPS) is 22.8. The van der Waals surface area contributed by atoms with Gasteiger partial charge in [-0.05, 0) is 19.8 Å². The first-order chi connectivity index (χ1) is 8.74. The van der Waals surface area contributed by atoms with E-state index in [1.807, 2.05) is 13.8 Å². The van der Waals surface area contributed by atoms with Gasteiger partial charge in [-0.25, -0.2) is 0 Å². The van der Waals surface area contributed by atoms with E-state index in [0.29, 0.717) is 5.82 Å². The Kier molecular flexibility index (Phi) is 3.12. The highest BCUT2D eigenvalue weighted by atomic mass is 16.2. The second kappa shape index (κ2) is 4.36. The van der Waals surface area contributed by atoms with Crippen LogP contribution < -0.4 is 10.2 Å². The van der Waals surface area contributed by atoms with Crippen LogP contribution in [0.25, 0.3) is 0 Å². The molecular weight excluding hydrogens is 244 g/mol. The first-order valence-corrected chi connectivity index (χ1v) is 6.39. The third-order valence-electron chi connectivity index (χ3n) is 3.31. The molecule has 6 heteroatoms. The lowest BCUT2D eigenvalue weighted by atomic mass is 9.91. The van der Waals surface area contributed by atoms with Crippen molar-refractivity contribution in [1.29, 1.82) is 0 Å². The molecule has 1 saturated heterocycles. The smallest absolute Gasteiger partial charge is 0.254 e. The van der Waals surface area contributed by atoms with Crippen molar-refractivity contribution < 1.29 is 9.59 Å². The van der Waals surface area contributed by atoms with Crippen molar-refractivity contribution in [2.45, 2.75) is 39.3 Å². The van der Waals surface area contributed by atoms with Gasteiger partial charge in [0.05, 0.1) is 0 Å². The Morgan fingerprint density at radius 1 is 1.37 bits per heavy atom. The predicted molar refractivity (Wildman–Crippen MR) is 71.5 cm³/mol. The largest absolute Gasteiger partial charge is 0.340 e. The number of aromatic nitrogens is 2. The monoisotopic (exact) mass is 264 g/mol. The Morgan fingerprint density at radius 2 is 2.00 bits per heavy atom. The summed E-state index contributed by atoms with van der Waals surface area (Å²) in [7, 11) is 1.79. The van der Waals surface area contributed by atoms with Crippen LogP contribution in [0.1, 0.15) is 27.7 Å². The minimum atomic E-state index is -0.903. The van der Waals surface area contributed by atoms with Gasteiger partial charge in [-0.15, -0.1) is 0 Å². The number of carbonyl (C=O) groups is 2. The predicted octanol–water partition coefficient (Wildman–Crippen LogP) is 0.686. The Labute approximate surface area is 112 Å². The van der Waals surface area contributed by atoms with E-state index in [-0.39, 0.29) is 17.7 Å². The number of amides is 2. The van der Waals surface area contributed by atoms with Crippen molar-refractivity contribution in [3.8, 4) is 0 Å². The average Bonchev–Trinajstić information content (AvgIpc) is 2.68. The molecule has 0 aliphatic carbocycles. The molecule has 0 radical (unpaired) electrons. The summed E-state index contributed by atoms with van der Waals surface area (Å²) in [5.74, 6) is 0.269. The van der Waals surface area contributed by atoms with Crippen LogP contribution in [0, 0.1) is 5.92 Å². The highest BCUT2D eigenvalue weighted by Gasteiger charge is 2.47. The molecule has 0 spiro atoms. The highest BCUT2D eigenvalue weighted by Crippen LogP contribution is 2.27. The first-order valence-electron chi connectivity index (χ1n) is 6.39. The minimum Gasteiger partial charge on any atom is -0.340 e. The molecular formula is C13H20N4O2. The van der Waals surface area contributed by atoms with Crippen LogP contribution in [-0.4, -0.2) is 33.2 Å². The number of hydrogen-bond acceptors (Lipinski definition) is 3. The van der Waals surface area contributed by atoms with Crippen LogP contribution in [0.2, 0.25) is 0 Å². The number of nitrogens with zero attached hydrogens (tertiary/aromatic N) is 3. The summed E-state index contributed by atoms with van der Waals surface area (Å²) < 4.78 is 1.62. The summed E-state index contributed by atoms with van der Waals surface area (Å²) in [5, 5.41) is 7.04. The number of rotatable bonds is 2. The lowest BCUT2D eigenvalue weighted by Crippen LogP contribution is -2.69. The molecule has 1 N–H and O–H groups in total. The molecule has 1 aliphatic rings. The Morgan fingerprint density at radius 3 is 2.47 bits per heavy atom. The molecule has 0 bridgehead atoms. The molecule has 1 atom stereocenters. The van der Waals surface area contributed by atoms with E-state index in [2.05, 4.69) is 10.4 Å². The van der Waals surface area contributed by atoms with E-state index in [1.54, 1.807) is 37.8 Å². The van der Waals surface area contributed by atoms with E-state index in [9.17, 15) is 9.59 Å². The number of carbonyl (C=O) groups excluding carboxylic acids is 2. The van der Waals surface area contributed by atoms with Gasteiger partial charge in [0.15, 0.2) is 5.82 Å². The SMILES string of the molecule is CC(C)C1C(=O)NC(C)(C)C(=O)N1c1ccn(C)n1. The zero-order chi connectivity index (χ0) is 14.4. The molecule has 104 valence electrons. The van der Waals surface area contributed by atoms with Crippen molar-refractivity contribution >= 4 is 17.6 Å². The number of hydrogen-bond donors (Lipinski definition) is 1. The van der Waals surface area contributed by atoms with E-state index in [0.717, 1.165) is 0 Å². The molecule has 1 fully saturated rings. The maximum Gasteiger partial charge on any atom is 0.254 e. The second-order valence-electron chi connectivity index (χ2n) is 5.83. The molecule has 1 aliphatic heterocycles. The summed E-state index contributed by atoms with van der Waals surface area (Å²) in [6.07, 6.45) is 1.76. The van der Waals surface area contributed by atoms with E-state index < -0.39 is 11.6 Å². The highest BCUT2D eigenvalue weighted by molar-refractivity contribution is 6.10. The molecule has 1 unspecified atom stereocenters. The molecule has 6 nitrogen and oxygen atoms in total. The fourth-order valence-electron chi connectivity index (χ4n) is 2.36. The number of anilines is 1. The number of piperazine rings is 1. The summed E-state index contributed by atoms with van der Waals surface area (Å²) in [5.41, 5.74) is -0.903. The van der Waals surface area contributed by atoms with Crippen molar-refractivity contribution in [2.24, 2.45) is 13.0 Å². The van der Waals surface area contributed by atoms with E-state index >= 15 is 0 Å². The van der Waals surface area contributed by atoms with Gasteiger partial charge in [0.25, 0.3) is 5.91 Å². The van der Waals surface area contributed by atoms with Crippen LogP contribution in [0.3, 0.4) is 0 Å². The molecule has 19 heavy (non-hydrogen) atoms. The first kappa shape index (κ1) is 13.6. The van der Waals surface area contributed by atoms with Gasteiger partial charge in [0.1, 0.15) is 11.6 Å². The summed E-state index contributed by atoms with van der Waals surface area (Å²) in [6.45, 7) is 7.26. The van der Waals surface area contributed by atoms with Crippen LogP contribution >= 0.6 is 0 Å². The fraction of sp³-hybridized carbons (Fsp3) is 0.615. The lowest BCUT2D eigenvalue weighted by Gasteiger charge is -2.43. The van der Waals surface area contributed by atoms with Gasteiger partial charge in [0.2, 0.25) is 5.91 Å². The van der Waals surface area contributed by atoms with Crippen LogP contribution in [0.4, 0.5) is 5.82 Å². The second-order valence-corrected chi connectivity index (χ2v) is 5.83. The Bertz CT molecular complexity index is 518. The maximum atomic E-state index is 12.6. The van der Waals surface area contributed by atoms with Crippen molar-refractivity contribution in [3.05, 3.63) is 12.3 Å². The zero-order valence-corrected chi connectivity index (χ0v) is 12.0. The third kappa shape index (κ3) is 2.22. The maximum absolute atomic E-state index is 12.6. The number of aryl methyl sites for hydroxylation is 1. The Balaban J connectivity index is 2.49. The fourth-order valence-corrected chi connectivity index (χ4v) is 2.36. The van der Waals surface area contributed by atoms with Crippen molar-refractivity contribution in [3.63, 3.8) is 0 Å². The van der Waals surface area contributed by atoms with Crippen molar-refractivity contribution in [2.75, 3.05) is 4.90 Å². The standard InChI is InChI=1S/C13H20N4O2/c1-8(2)10-11(18)14-13(3,4)12(19)17(10)9-6-7-16(5)15-9/h6-8,10H,1-5H3,(H,14,18). The van der Waals surface area contributed by atoms with Gasteiger partial charge in [-0.3, -0.25) is 19.2 Å². The molecule has 1 aromatic rings. The molecule has 2 rings (SSSR count). The zero-order valence-electron chi connectivity index (χ0n) is 12.0. The van der Waals surface area contributed by atoms with Crippen LogP contribution in [-0.2, 0) is 16.6 Å². The summed E-state index contributed by atoms with van der Waals surface area (Å²) >= 11 is 0. The van der Waals surface area contributed by atoms with Crippen LogP contribution in [0.15, 0.2) is 12.3 Å². The van der Waals surface area contributed by atoms with E-state index in [1.165, 1.54) is 4.90 Å². The quantitative estimate of drug-likeness (QED) is 0.854. The lowest BCUT2D eigenvalue weighted by molar-refractivity contribution is -0.138. The summed E-state index contributed by atoms with van der Waals surface area (Å²) in [4.78, 5) is 26.3. The van der Waals surface area contributed by atoms with Crippen molar-refractivity contribution in [1.82, 2.24) is 15.1 Å². The van der Waals surface area contributed by atoms with Gasteiger partial charge in [0, 0.05) is 19.3 Å². The van der Waals surface area contributed by atoms with E-state index in [4.69, 9.17) is 0 Å².